The highest BCUT2D eigenvalue weighted by Gasteiger charge is 2.28. The number of nitrogens with one attached hydrogen (secondary N) is 1. The van der Waals surface area contributed by atoms with Crippen LogP contribution in [0.4, 0.5) is 10.5 Å². The standard InChI is InChI=1S/C14H20N2O/c1-11-7-6-8-12(2)16(11)14(17)15-13-9-4-3-5-10-13/h3-5,9-12H,6-8H2,1-2H3,(H,15,17). The summed E-state index contributed by atoms with van der Waals surface area (Å²) < 4.78 is 0. The Balaban J connectivity index is 2.04. The molecular weight excluding hydrogens is 212 g/mol. The van der Waals surface area contributed by atoms with Gasteiger partial charge in [0.15, 0.2) is 0 Å². The molecule has 0 radical (unpaired) electrons. The summed E-state index contributed by atoms with van der Waals surface area (Å²) in [5.74, 6) is 0. The van der Waals surface area contributed by atoms with Crippen molar-refractivity contribution in [1.29, 1.82) is 0 Å². The average molecular weight is 232 g/mol. The van der Waals surface area contributed by atoms with Crippen molar-refractivity contribution in [2.75, 3.05) is 5.32 Å². The fourth-order valence-electron chi connectivity index (χ4n) is 2.53. The molecule has 1 aliphatic heterocycles. The molecule has 2 amide bonds. The largest absolute Gasteiger partial charge is 0.322 e. The summed E-state index contributed by atoms with van der Waals surface area (Å²) in [5.41, 5.74) is 0.863. The molecule has 1 aromatic carbocycles. The minimum absolute atomic E-state index is 0.0240. The van der Waals surface area contributed by atoms with Gasteiger partial charge in [-0.1, -0.05) is 18.2 Å². The molecule has 0 saturated carbocycles. The minimum Gasteiger partial charge on any atom is -0.319 e. The molecule has 17 heavy (non-hydrogen) atoms. The maximum atomic E-state index is 12.2. The number of amides is 2. The number of rotatable bonds is 1. The Bertz CT molecular complexity index is 367. The van der Waals surface area contributed by atoms with Gasteiger partial charge in [-0.15, -0.1) is 0 Å². The molecular formula is C14H20N2O. The van der Waals surface area contributed by atoms with Crippen LogP contribution in [-0.2, 0) is 0 Å². The molecule has 92 valence electrons. The van der Waals surface area contributed by atoms with Gasteiger partial charge in [0, 0.05) is 17.8 Å². The average Bonchev–Trinajstić information content (AvgIpc) is 2.30. The third kappa shape index (κ3) is 2.78. The van der Waals surface area contributed by atoms with E-state index in [9.17, 15) is 4.79 Å². The second kappa shape index (κ2) is 5.21. The molecule has 1 fully saturated rings. The van der Waals surface area contributed by atoms with Crippen LogP contribution in [0.25, 0.3) is 0 Å². The number of anilines is 1. The van der Waals surface area contributed by atoms with E-state index in [1.165, 1.54) is 6.42 Å². The van der Waals surface area contributed by atoms with Gasteiger partial charge in [-0.25, -0.2) is 4.79 Å². The third-order valence-electron chi connectivity index (χ3n) is 3.45. The van der Waals surface area contributed by atoms with E-state index in [0.29, 0.717) is 12.1 Å². The van der Waals surface area contributed by atoms with E-state index in [1.54, 1.807) is 0 Å². The van der Waals surface area contributed by atoms with Gasteiger partial charge in [0.25, 0.3) is 0 Å². The van der Waals surface area contributed by atoms with Gasteiger partial charge in [-0.05, 0) is 45.2 Å². The number of carbonyl (C=O) groups excluding carboxylic acids is 1. The van der Waals surface area contributed by atoms with Crippen LogP contribution >= 0.6 is 0 Å². The highest BCUT2D eigenvalue weighted by atomic mass is 16.2. The van der Waals surface area contributed by atoms with Gasteiger partial charge in [-0.2, -0.15) is 0 Å². The first-order valence-electron chi connectivity index (χ1n) is 6.33. The van der Waals surface area contributed by atoms with Crippen LogP contribution in [0.15, 0.2) is 30.3 Å². The van der Waals surface area contributed by atoms with E-state index < -0.39 is 0 Å². The van der Waals surface area contributed by atoms with Crippen molar-refractivity contribution in [3.63, 3.8) is 0 Å². The summed E-state index contributed by atoms with van der Waals surface area (Å²) in [6.07, 6.45) is 3.43. The van der Waals surface area contributed by atoms with E-state index >= 15 is 0 Å². The molecule has 2 rings (SSSR count). The second-order valence-corrected chi connectivity index (χ2v) is 4.83. The van der Waals surface area contributed by atoms with Crippen LogP contribution in [0.3, 0.4) is 0 Å². The van der Waals surface area contributed by atoms with Crippen LogP contribution in [0, 0.1) is 0 Å². The fraction of sp³-hybridized carbons (Fsp3) is 0.500. The third-order valence-corrected chi connectivity index (χ3v) is 3.45. The van der Waals surface area contributed by atoms with Gasteiger partial charge >= 0.3 is 6.03 Å². The van der Waals surface area contributed by atoms with Gasteiger partial charge in [0.1, 0.15) is 0 Å². The topological polar surface area (TPSA) is 32.3 Å². The number of piperidine rings is 1. The van der Waals surface area contributed by atoms with Crippen LogP contribution in [0.1, 0.15) is 33.1 Å². The van der Waals surface area contributed by atoms with Crippen molar-refractivity contribution in [2.45, 2.75) is 45.2 Å². The lowest BCUT2D eigenvalue weighted by molar-refractivity contribution is 0.133. The SMILES string of the molecule is CC1CCCC(C)N1C(=O)Nc1ccccc1. The number of para-hydroxylation sites is 1. The molecule has 0 aliphatic carbocycles. The summed E-state index contributed by atoms with van der Waals surface area (Å²) in [5, 5.41) is 2.96. The lowest BCUT2D eigenvalue weighted by Gasteiger charge is -2.38. The normalized spacial score (nSPS) is 24.5. The van der Waals surface area contributed by atoms with Crippen molar-refractivity contribution < 1.29 is 4.79 Å². The zero-order valence-electron chi connectivity index (χ0n) is 10.5. The smallest absolute Gasteiger partial charge is 0.319 e. The summed E-state index contributed by atoms with van der Waals surface area (Å²) in [4.78, 5) is 14.2. The minimum atomic E-state index is 0.0240. The molecule has 0 aromatic heterocycles. The van der Waals surface area contributed by atoms with E-state index in [0.717, 1.165) is 18.5 Å². The molecule has 0 bridgehead atoms. The Kier molecular flexibility index (Phi) is 3.67. The van der Waals surface area contributed by atoms with Crippen LogP contribution in [0.2, 0.25) is 0 Å². The number of urea groups is 1. The number of nitrogens with zero attached hydrogens (tertiary/aromatic N) is 1. The quantitative estimate of drug-likeness (QED) is 0.790. The molecule has 1 N–H and O–H groups in total. The molecule has 1 saturated heterocycles. The van der Waals surface area contributed by atoms with Gasteiger partial charge in [-0.3, -0.25) is 0 Å². The molecule has 2 unspecified atom stereocenters. The first-order chi connectivity index (χ1) is 8.18. The van der Waals surface area contributed by atoms with Crippen molar-refractivity contribution >= 4 is 11.7 Å². The molecule has 3 heteroatoms. The zero-order valence-corrected chi connectivity index (χ0v) is 10.5. The Hall–Kier alpha value is -1.51. The molecule has 1 aromatic rings. The Morgan fingerprint density at radius 3 is 2.35 bits per heavy atom. The van der Waals surface area contributed by atoms with E-state index in [2.05, 4.69) is 19.2 Å². The van der Waals surface area contributed by atoms with Gasteiger partial charge < -0.3 is 10.2 Å². The lowest BCUT2D eigenvalue weighted by atomic mass is 9.98. The van der Waals surface area contributed by atoms with Crippen molar-refractivity contribution in [3.05, 3.63) is 30.3 Å². The number of hydrogen-bond acceptors (Lipinski definition) is 1. The summed E-state index contributed by atoms with van der Waals surface area (Å²) in [6.45, 7) is 4.25. The summed E-state index contributed by atoms with van der Waals surface area (Å²) in [7, 11) is 0. The molecule has 0 spiro atoms. The molecule has 1 aliphatic rings. The zero-order chi connectivity index (χ0) is 12.3. The van der Waals surface area contributed by atoms with Crippen LogP contribution in [-0.4, -0.2) is 23.0 Å². The first kappa shape index (κ1) is 12.0. The Morgan fingerprint density at radius 2 is 1.76 bits per heavy atom. The van der Waals surface area contributed by atoms with E-state index in [-0.39, 0.29) is 6.03 Å². The Morgan fingerprint density at radius 1 is 1.18 bits per heavy atom. The monoisotopic (exact) mass is 232 g/mol. The summed E-state index contributed by atoms with van der Waals surface area (Å²) in [6, 6.07) is 10.3. The van der Waals surface area contributed by atoms with Gasteiger partial charge in [0.2, 0.25) is 0 Å². The maximum absolute atomic E-state index is 12.2. The number of hydrogen-bond donors (Lipinski definition) is 1. The number of likely N-dealkylation sites (tertiary alicyclic amines) is 1. The van der Waals surface area contributed by atoms with Crippen molar-refractivity contribution in [1.82, 2.24) is 4.90 Å². The predicted octanol–water partition coefficient (Wildman–Crippen LogP) is 3.48. The van der Waals surface area contributed by atoms with Crippen molar-refractivity contribution in [3.8, 4) is 0 Å². The summed E-state index contributed by atoms with van der Waals surface area (Å²) >= 11 is 0. The Labute approximate surface area is 103 Å². The van der Waals surface area contributed by atoms with Crippen LogP contribution < -0.4 is 5.32 Å². The molecule has 3 nitrogen and oxygen atoms in total. The first-order valence-corrected chi connectivity index (χ1v) is 6.33. The van der Waals surface area contributed by atoms with E-state index in [1.807, 2.05) is 35.2 Å². The van der Waals surface area contributed by atoms with Crippen LogP contribution in [0.5, 0.6) is 0 Å². The van der Waals surface area contributed by atoms with E-state index in [4.69, 9.17) is 0 Å². The highest BCUT2D eigenvalue weighted by molar-refractivity contribution is 5.89. The fourth-order valence-corrected chi connectivity index (χ4v) is 2.53. The maximum Gasteiger partial charge on any atom is 0.322 e. The van der Waals surface area contributed by atoms with Crippen molar-refractivity contribution in [2.24, 2.45) is 0 Å². The lowest BCUT2D eigenvalue weighted by Crippen LogP contribution is -2.49. The molecule has 1 heterocycles. The van der Waals surface area contributed by atoms with Gasteiger partial charge in [0.05, 0.1) is 0 Å². The molecule has 2 atom stereocenters. The second-order valence-electron chi connectivity index (χ2n) is 4.83. The highest BCUT2D eigenvalue weighted by Crippen LogP contribution is 2.23. The number of carbonyl (C=O) groups is 1. The number of benzene rings is 1. The predicted molar refractivity (Wildman–Crippen MR) is 70.1 cm³/mol.